The predicted molar refractivity (Wildman–Crippen MR) is 134 cm³/mol. The van der Waals surface area contributed by atoms with Gasteiger partial charge in [-0.3, -0.25) is 4.79 Å². The summed E-state index contributed by atoms with van der Waals surface area (Å²) in [5.74, 6) is 0.857. The fourth-order valence-electron chi connectivity index (χ4n) is 4.45. The van der Waals surface area contributed by atoms with Crippen molar-refractivity contribution in [3.05, 3.63) is 71.9 Å². The standard InChI is InChI=1S/C27H32N4O/c1-20-13-15-23(26(30(2)3)25(20)21-11-7-6-8-12-21)27(32)29-22-14-16-24(28-19-22)31-17-9-4-5-10-18-31/h6-8,11-16,19H,4-5,9-10,17-18H2,1-3H3,(H,29,32). The molecular weight excluding hydrogens is 396 g/mol. The Morgan fingerprint density at radius 1 is 0.938 bits per heavy atom. The minimum Gasteiger partial charge on any atom is -0.377 e. The molecule has 0 bridgehead atoms. The van der Waals surface area contributed by atoms with Crippen molar-refractivity contribution in [1.82, 2.24) is 4.98 Å². The largest absolute Gasteiger partial charge is 0.377 e. The highest BCUT2D eigenvalue weighted by atomic mass is 16.1. The van der Waals surface area contributed by atoms with Crippen LogP contribution in [0.4, 0.5) is 17.2 Å². The number of carbonyl (C=O) groups excluding carboxylic acids is 1. The van der Waals surface area contributed by atoms with Gasteiger partial charge in [-0.25, -0.2) is 4.98 Å². The number of nitrogens with zero attached hydrogens (tertiary/aromatic N) is 3. The zero-order valence-corrected chi connectivity index (χ0v) is 19.3. The van der Waals surface area contributed by atoms with Crippen molar-refractivity contribution in [1.29, 1.82) is 0 Å². The van der Waals surface area contributed by atoms with Gasteiger partial charge in [0.15, 0.2) is 0 Å². The van der Waals surface area contributed by atoms with Gasteiger partial charge in [-0.2, -0.15) is 0 Å². The summed E-state index contributed by atoms with van der Waals surface area (Å²) in [4.78, 5) is 22.3. The van der Waals surface area contributed by atoms with Crippen molar-refractivity contribution < 1.29 is 4.79 Å². The second kappa shape index (κ2) is 9.86. The lowest BCUT2D eigenvalue weighted by atomic mass is 9.94. The van der Waals surface area contributed by atoms with E-state index in [-0.39, 0.29) is 5.91 Å². The van der Waals surface area contributed by atoms with Crippen LogP contribution < -0.4 is 15.1 Å². The Balaban J connectivity index is 1.59. The number of carbonyl (C=O) groups is 1. The maximum atomic E-state index is 13.3. The molecule has 0 aliphatic carbocycles. The first-order chi connectivity index (χ1) is 15.5. The van der Waals surface area contributed by atoms with Crippen LogP contribution in [0, 0.1) is 6.92 Å². The molecule has 0 atom stereocenters. The second-order valence-corrected chi connectivity index (χ2v) is 8.67. The second-order valence-electron chi connectivity index (χ2n) is 8.67. The van der Waals surface area contributed by atoms with Crippen LogP contribution in [0.1, 0.15) is 41.6 Å². The number of rotatable bonds is 5. The van der Waals surface area contributed by atoms with Gasteiger partial charge in [-0.1, -0.05) is 49.2 Å². The monoisotopic (exact) mass is 428 g/mol. The van der Waals surface area contributed by atoms with E-state index in [0.717, 1.165) is 41.3 Å². The fourth-order valence-corrected chi connectivity index (χ4v) is 4.45. The van der Waals surface area contributed by atoms with Gasteiger partial charge in [0.2, 0.25) is 0 Å². The molecule has 1 aliphatic rings. The average molecular weight is 429 g/mol. The molecule has 5 nitrogen and oxygen atoms in total. The van der Waals surface area contributed by atoms with E-state index in [9.17, 15) is 4.79 Å². The number of anilines is 3. The molecule has 32 heavy (non-hydrogen) atoms. The van der Waals surface area contributed by atoms with Crippen LogP contribution in [0.3, 0.4) is 0 Å². The van der Waals surface area contributed by atoms with Gasteiger partial charge in [0.05, 0.1) is 23.1 Å². The van der Waals surface area contributed by atoms with Crippen molar-refractivity contribution in [3.63, 3.8) is 0 Å². The Morgan fingerprint density at radius 2 is 1.66 bits per heavy atom. The summed E-state index contributed by atoms with van der Waals surface area (Å²) in [7, 11) is 3.96. The van der Waals surface area contributed by atoms with Crippen LogP contribution in [-0.4, -0.2) is 38.1 Å². The SMILES string of the molecule is Cc1ccc(C(=O)Nc2ccc(N3CCCCCC3)nc2)c(N(C)C)c1-c1ccccc1. The first-order valence-corrected chi connectivity index (χ1v) is 11.4. The molecule has 0 saturated carbocycles. The normalized spacial score (nSPS) is 14.0. The molecule has 1 amide bonds. The average Bonchev–Trinajstić information content (AvgIpc) is 3.09. The topological polar surface area (TPSA) is 48.5 Å². The molecule has 166 valence electrons. The minimum atomic E-state index is -0.129. The van der Waals surface area contributed by atoms with Crippen LogP contribution in [0.5, 0.6) is 0 Å². The lowest BCUT2D eigenvalue weighted by Crippen LogP contribution is -2.25. The molecule has 2 heterocycles. The molecule has 5 heteroatoms. The highest BCUT2D eigenvalue weighted by molar-refractivity contribution is 6.10. The van der Waals surface area contributed by atoms with E-state index in [2.05, 4.69) is 34.3 Å². The summed E-state index contributed by atoms with van der Waals surface area (Å²) in [6, 6.07) is 18.1. The molecule has 2 aromatic carbocycles. The lowest BCUT2D eigenvalue weighted by molar-refractivity contribution is 0.102. The van der Waals surface area contributed by atoms with Crippen LogP contribution >= 0.6 is 0 Å². The quantitative estimate of drug-likeness (QED) is 0.562. The van der Waals surface area contributed by atoms with E-state index in [1.54, 1.807) is 6.20 Å². The molecule has 0 unspecified atom stereocenters. The number of amides is 1. The van der Waals surface area contributed by atoms with Crippen LogP contribution in [0.2, 0.25) is 0 Å². The number of hydrogen-bond donors (Lipinski definition) is 1. The summed E-state index contributed by atoms with van der Waals surface area (Å²) in [6.45, 7) is 4.19. The van der Waals surface area contributed by atoms with Crippen molar-refractivity contribution in [2.24, 2.45) is 0 Å². The minimum absolute atomic E-state index is 0.129. The van der Waals surface area contributed by atoms with Gasteiger partial charge in [0.25, 0.3) is 5.91 Å². The third kappa shape index (κ3) is 4.77. The van der Waals surface area contributed by atoms with E-state index < -0.39 is 0 Å². The number of aryl methyl sites for hydroxylation is 1. The van der Waals surface area contributed by atoms with E-state index >= 15 is 0 Å². The van der Waals surface area contributed by atoms with Gasteiger partial charge in [-0.15, -0.1) is 0 Å². The molecule has 1 aliphatic heterocycles. The molecule has 3 aromatic rings. The maximum Gasteiger partial charge on any atom is 0.257 e. The summed E-state index contributed by atoms with van der Waals surface area (Å²) in [5, 5.41) is 3.05. The molecule has 4 rings (SSSR count). The summed E-state index contributed by atoms with van der Waals surface area (Å²) in [5.41, 5.74) is 5.60. The molecule has 0 spiro atoms. The summed E-state index contributed by atoms with van der Waals surface area (Å²) in [6.07, 6.45) is 6.77. The van der Waals surface area contributed by atoms with Gasteiger partial charge in [-0.05, 0) is 49.1 Å². The number of pyridine rings is 1. The van der Waals surface area contributed by atoms with E-state index in [1.165, 1.54) is 25.7 Å². The molecule has 1 saturated heterocycles. The van der Waals surface area contributed by atoms with E-state index in [0.29, 0.717) is 11.3 Å². The fraction of sp³-hybridized carbons (Fsp3) is 0.333. The Hall–Kier alpha value is -3.34. The zero-order chi connectivity index (χ0) is 22.5. The number of aromatic nitrogens is 1. The van der Waals surface area contributed by atoms with Crippen LogP contribution in [-0.2, 0) is 0 Å². The molecule has 1 N–H and O–H groups in total. The summed E-state index contributed by atoms with van der Waals surface area (Å²) < 4.78 is 0. The first-order valence-electron chi connectivity index (χ1n) is 11.4. The number of benzene rings is 2. The highest BCUT2D eigenvalue weighted by Gasteiger charge is 2.20. The van der Waals surface area contributed by atoms with E-state index in [4.69, 9.17) is 0 Å². The van der Waals surface area contributed by atoms with Gasteiger partial charge in [0.1, 0.15) is 5.82 Å². The van der Waals surface area contributed by atoms with Crippen molar-refractivity contribution in [2.45, 2.75) is 32.6 Å². The predicted octanol–water partition coefficient (Wildman–Crippen LogP) is 5.76. The Morgan fingerprint density at radius 3 is 2.28 bits per heavy atom. The lowest BCUT2D eigenvalue weighted by Gasteiger charge is -2.23. The smallest absolute Gasteiger partial charge is 0.257 e. The Labute approximate surface area is 191 Å². The molecule has 0 radical (unpaired) electrons. The number of nitrogens with one attached hydrogen (secondary N) is 1. The van der Waals surface area contributed by atoms with E-state index in [1.807, 2.05) is 61.5 Å². The third-order valence-electron chi connectivity index (χ3n) is 6.08. The summed E-state index contributed by atoms with van der Waals surface area (Å²) >= 11 is 0. The third-order valence-corrected chi connectivity index (χ3v) is 6.08. The van der Waals surface area contributed by atoms with Crippen molar-refractivity contribution in [3.8, 4) is 11.1 Å². The number of hydrogen-bond acceptors (Lipinski definition) is 4. The van der Waals surface area contributed by atoms with Crippen molar-refractivity contribution >= 4 is 23.1 Å². The maximum absolute atomic E-state index is 13.3. The molecule has 1 aromatic heterocycles. The first kappa shape index (κ1) is 21.9. The van der Waals surface area contributed by atoms with Crippen molar-refractivity contribution in [2.75, 3.05) is 42.3 Å². The highest BCUT2D eigenvalue weighted by Crippen LogP contribution is 2.36. The van der Waals surface area contributed by atoms with Crippen LogP contribution in [0.15, 0.2) is 60.8 Å². The van der Waals surface area contributed by atoms with Gasteiger partial charge in [0, 0.05) is 32.7 Å². The van der Waals surface area contributed by atoms with Crippen LogP contribution in [0.25, 0.3) is 11.1 Å². The van der Waals surface area contributed by atoms with Gasteiger partial charge >= 0.3 is 0 Å². The Bertz CT molecular complexity index is 1050. The molecular formula is C27H32N4O. The van der Waals surface area contributed by atoms with Gasteiger partial charge < -0.3 is 15.1 Å². The molecule has 1 fully saturated rings. The zero-order valence-electron chi connectivity index (χ0n) is 19.3. The Kier molecular flexibility index (Phi) is 6.74.